The normalized spacial score (nSPS) is 13.1. The van der Waals surface area contributed by atoms with Gasteiger partial charge in [0.15, 0.2) is 0 Å². The number of para-hydroxylation sites is 1. The van der Waals surface area contributed by atoms with E-state index < -0.39 is 35.7 Å². The van der Waals surface area contributed by atoms with Crippen LogP contribution in [0.5, 0.6) is 0 Å². The van der Waals surface area contributed by atoms with E-state index in [1.54, 1.807) is 32.9 Å². The summed E-state index contributed by atoms with van der Waals surface area (Å²) in [5.41, 5.74) is 1.91. The van der Waals surface area contributed by atoms with E-state index in [-0.39, 0.29) is 12.3 Å². The lowest BCUT2D eigenvalue weighted by molar-refractivity contribution is -0.145. The van der Waals surface area contributed by atoms with Crippen molar-refractivity contribution in [3.8, 4) is 0 Å². The van der Waals surface area contributed by atoms with Gasteiger partial charge in [0.05, 0.1) is 18.3 Å². The van der Waals surface area contributed by atoms with Gasteiger partial charge in [-0.3, -0.25) is 9.59 Å². The molecule has 0 saturated carbocycles. The third-order valence-corrected chi connectivity index (χ3v) is 5.85. The summed E-state index contributed by atoms with van der Waals surface area (Å²) in [5, 5.41) is 5.91. The highest BCUT2D eigenvalue weighted by atomic mass is 16.6. The van der Waals surface area contributed by atoms with Crippen molar-refractivity contribution in [2.45, 2.75) is 58.7 Å². The number of carbonyl (C=O) groups is 4. The SMILES string of the molecule is COC(=O)[C@H](Cc1c(/C=C/c2ccccc2)n(C(=O)OC(C)(C)C)c2ccccc12)NC(=O)[C@H](C)NC(C)=O. The predicted molar refractivity (Wildman–Crippen MR) is 150 cm³/mol. The van der Waals surface area contributed by atoms with Gasteiger partial charge in [0.25, 0.3) is 0 Å². The van der Waals surface area contributed by atoms with Crippen LogP contribution in [0.4, 0.5) is 4.79 Å². The van der Waals surface area contributed by atoms with Crippen LogP contribution in [0.15, 0.2) is 54.6 Å². The molecule has 39 heavy (non-hydrogen) atoms. The topological polar surface area (TPSA) is 116 Å². The summed E-state index contributed by atoms with van der Waals surface area (Å²) in [6, 6.07) is 14.9. The van der Waals surface area contributed by atoms with E-state index >= 15 is 0 Å². The van der Waals surface area contributed by atoms with E-state index in [0.29, 0.717) is 22.2 Å². The van der Waals surface area contributed by atoms with Gasteiger partial charge in [0, 0.05) is 18.7 Å². The molecule has 0 aliphatic rings. The van der Waals surface area contributed by atoms with Crippen molar-refractivity contribution in [3.63, 3.8) is 0 Å². The molecule has 9 nitrogen and oxygen atoms in total. The number of rotatable bonds is 8. The minimum Gasteiger partial charge on any atom is -0.467 e. The number of ether oxygens (including phenoxy) is 2. The molecule has 0 spiro atoms. The summed E-state index contributed by atoms with van der Waals surface area (Å²) < 4.78 is 12.2. The van der Waals surface area contributed by atoms with E-state index in [9.17, 15) is 19.2 Å². The van der Waals surface area contributed by atoms with Gasteiger partial charge in [0.1, 0.15) is 17.7 Å². The molecule has 2 N–H and O–H groups in total. The quantitative estimate of drug-likeness (QED) is 0.417. The number of methoxy groups -OCH3 is 1. The smallest absolute Gasteiger partial charge is 0.419 e. The largest absolute Gasteiger partial charge is 0.467 e. The zero-order valence-corrected chi connectivity index (χ0v) is 23.1. The number of benzene rings is 2. The first-order valence-corrected chi connectivity index (χ1v) is 12.7. The van der Waals surface area contributed by atoms with Crippen molar-refractivity contribution < 1.29 is 28.7 Å². The Bertz CT molecular complexity index is 1380. The van der Waals surface area contributed by atoms with Crippen molar-refractivity contribution >= 4 is 46.9 Å². The fourth-order valence-corrected chi connectivity index (χ4v) is 4.17. The highest BCUT2D eigenvalue weighted by molar-refractivity contribution is 5.98. The Morgan fingerprint density at radius 2 is 1.59 bits per heavy atom. The second-order valence-corrected chi connectivity index (χ2v) is 10.2. The fraction of sp³-hybridized carbons (Fsp3) is 0.333. The number of hydrogen-bond donors (Lipinski definition) is 2. The van der Waals surface area contributed by atoms with Crippen LogP contribution in [0.25, 0.3) is 23.1 Å². The molecule has 0 aliphatic heterocycles. The first-order chi connectivity index (χ1) is 18.4. The van der Waals surface area contributed by atoms with Gasteiger partial charge < -0.3 is 20.1 Å². The van der Waals surface area contributed by atoms with Gasteiger partial charge in [-0.1, -0.05) is 54.6 Å². The summed E-state index contributed by atoms with van der Waals surface area (Å²) in [6.07, 6.45) is 3.11. The maximum absolute atomic E-state index is 13.5. The summed E-state index contributed by atoms with van der Waals surface area (Å²) >= 11 is 0. The standard InChI is InChI=1S/C30H35N3O6/c1-19(31-20(2)34)27(35)32-24(28(36)38-6)18-23-22-14-10-11-15-25(22)33(29(37)39-30(3,4)5)26(23)17-16-21-12-8-7-9-13-21/h7-17,19,24H,18H2,1-6H3,(H,31,34)(H,32,35)/b17-16+/t19-,24-/m0/s1. The Kier molecular flexibility index (Phi) is 9.29. The van der Waals surface area contributed by atoms with Crippen LogP contribution in [0.2, 0.25) is 0 Å². The van der Waals surface area contributed by atoms with Crippen LogP contribution < -0.4 is 10.6 Å². The maximum atomic E-state index is 13.5. The van der Waals surface area contributed by atoms with E-state index in [0.717, 1.165) is 5.56 Å². The summed E-state index contributed by atoms with van der Waals surface area (Å²) in [4.78, 5) is 50.5. The third-order valence-electron chi connectivity index (χ3n) is 5.85. The van der Waals surface area contributed by atoms with Crippen LogP contribution in [-0.4, -0.2) is 53.2 Å². The Labute approximate surface area is 228 Å². The number of hydrogen-bond acceptors (Lipinski definition) is 6. The van der Waals surface area contributed by atoms with Crippen LogP contribution in [0.1, 0.15) is 51.4 Å². The Balaban J connectivity index is 2.16. The summed E-state index contributed by atoms with van der Waals surface area (Å²) in [5.74, 6) is -1.58. The lowest BCUT2D eigenvalue weighted by Crippen LogP contribution is -2.51. The van der Waals surface area contributed by atoms with Crippen molar-refractivity contribution in [1.82, 2.24) is 15.2 Å². The molecule has 0 bridgehead atoms. The Morgan fingerprint density at radius 3 is 2.21 bits per heavy atom. The van der Waals surface area contributed by atoms with Crippen LogP contribution in [-0.2, 0) is 30.3 Å². The number of nitrogens with zero attached hydrogens (tertiary/aromatic N) is 1. The highest BCUT2D eigenvalue weighted by Gasteiger charge is 2.30. The molecule has 1 heterocycles. The molecular formula is C30H35N3O6. The lowest BCUT2D eigenvalue weighted by Gasteiger charge is -2.21. The molecule has 0 unspecified atom stereocenters. The van der Waals surface area contributed by atoms with E-state index in [4.69, 9.17) is 9.47 Å². The average Bonchev–Trinajstić information content (AvgIpc) is 3.18. The minimum absolute atomic E-state index is 0.0238. The van der Waals surface area contributed by atoms with Crippen molar-refractivity contribution in [1.29, 1.82) is 0 Å². The van der Waals surface area contributed by atoms with Crippen molar-refractivity contribution in [2.75, 3.05) is 7.11 Å². The molecule has 0 saturated heterocycles. The number of nitrogens with one attached hydrogen (secondary N) is 2. The molecule has 2 aromatic carbocycles. The lowest BCUT2D eigenvalue weighted by atomic mass is 10.0. The zero-order chi connectivity index (χ0) is 28.7. The van der Waals surface area contributed by atoms with Crippen molar-refractivity contribution in [3.05, 3.63) is 71.4 Å². The van der Waals surface area contributed by atoms with Gasteiger partial charge in [-0.2, -0.15) is 0 Å². The Hall–Kier alpha value is -4.40. The van der Waals surface area contributed by atoms with E-state index in [2.05, 4.69) is 10.6 Å². The zero-order valence-electron chi connectivity index (χ0n) is 23.1. The second kappa shape index (κ2) is 12.4. The molecule has 9 heteroatoms. The predicted octanol–water partition coefficient (Wildman–Crippen LogP) is 4.32. The molecule has 1 aromatic heterocycles. The molecular weight excluding hydrogens is 498 g/mol. The number of carbonyl (C=O) groups excluding carboxylic acids is 4. The fourth-order valence-electron chi connectivity index (χ4n) is 4.17. The monoisotopic (exact) mass is 533 g/mol. The molecule has 3 rings (SSSR count). The average molecular weight is 534 g/mol. The van der Waals surface area contributed by atoms with Crippen LogP contribution >= 0.6 is 0 Å². The molecule has 0 aliphatic carbocycles. The van der Waals surface area contributed by atoms with E-state index in [1.165, 1.54) is 25.5 Å². The van der Waals surface area contributed by atoms with Gasteiger partial charge in [-0.25, -0.2) is 14.2 Å². The molecule has 2 amide bonds. The Morgan fingerprint density at radius 1 is 0.949 bits per heavy atom. The van der Waals surface area contributed by atoms with Gasteiger partial charge in [0.2, 0.25) is 11.8 Å². The highest BCUT2D eigenvalue weighted by Crippen LogP contribution is 2.30. The van der Waals surface area contributed by atoms with Crippen LogP contribution in [0, 0.1) is 0 Å². The number of amides is 2. The van der Waals surface area contributed by atoms with Gasteiger partial charge in [-0.15, -0.1) is 0 Å². The maximum Gasteiger partial charge on any atom is 0.419 e. The third kappa shape index (κ3) is 7.56. The van der Waals surface area contributed by atoms with Crippen molar-refractivity contribution in [2.24, 2.45) is 0 Å². The molecule has 206 valence electrons. The minimum atomic E-state index is -1.08. The molecule has 0 radical (unpaired) electrons. The number of aromatic nitrogens is 1. The molecule has 2 atom stereocenters. The van der Waals surface area contributed by atoms with Gasteiger partial charge >= 0.3 is 12.1 Å². The molecule has 3 aromatic rings. The molecule has 0 fully saturated rings. The summed E-state index contributed by atoms with van der Waals surface area (Å²) in [7, 11) is 1.24. The first kappa shape index (κ1) is 29.2. The number of fused-ring (bicyclic) bond motifs is 1. The summed E-state index contributed by atoms with van der Waals surface area (Å²) in [6.45, 7) is 8.19. The second-order valence-electron chi connectivity index (χ2n) is 10.2. The number of esters is 1. The van der Waals surface area contributed by atoms with Crippen LogP contribution in [0.3, 0.4) is 0 Å². The first-order valence-electron chi connectivity index (χ1n) is 12.7. The van der Waals surface area contributed by atoms with E-state index in [1.807, 2.05) is 54.6 Å². The van der Waals surface area contributed by atoms with Gasteiger partial charge in [-0.05, 0) is 51.0 Å².